The third-order valence-corrected chi connectivity index (χ3v) is 14.3. The molecule has 0 rings (SSSR count). The van der Waals surface area contributed by atoms with E-state index in [0.29, 0.717) is 19.3 Å². The van der Waals surface area contributed by atoms with Gasteiger partial charge < -0.3 is 14.2 Å². The summed E-state index contributed by atoms with van der Waals surface area (Å²) < 4.78 is 16.9. The predicted octanol–water partition coefficient (Wildman–Crippen LogP) is 20.0. The van der Waals surface area contributed by atoms with Gasteiger partial charge in [-0.2, -0.15) is 0 Å². The van der Waals surface area contributed by atoms with Crippen molar-refractivity contribution >= 4 is 17.9 Å². The zero-order chi connectivity index (χ0) is 48.9. The van der Waals surface area contributed by atoms with E-state index in [1.807, 2.05) is 0 Å². The van der Waals surface area contributed by atoms with Crippen LogP contribution in [-0.4, -0.2) is 37.2 Å². The molecule has 1 unspecified atom stereocenters. The summed E-state index contributed by atoms with van der Waals surface area (Å²) in [5.74, 6) is 0.891. The number of ether oxygens (including phenoxy) is 3. The molecule has 2 atom stereocenters. The Labute approximate surface area is 418 Å². The van der Waals surface area contributed by atoms with Crippen molar-refractivity contribution in [2.75, 3.05) is 13.2 Å². The minimum atomic E-state index is -0.763. The lowest BCUT2D eigenvalue weighted by molar-refractivity contribution is -0.167. The second kappa shape index (κ2) is 53.8. The van der Waals surface area contributed by atoms with Crippen molar-refractivity contribution in [3.05, 3.63) is 0 Å². The molecule has 0 heterocycles. The van der Waals surface area contributed by atoms with Gasteiger partial charge in [0, 0.05) is 19.3 Å². The summed E-state index contributed by atoms with van der Waals surface area (Å²) in [7, 11) is 0. The number of esters is 3. The lowest BCUT2D eigenvalue weighted by Gasteiger charge is -2.18. The summed E-state index contributed by atoms with van der Waals surface area (Å²) in [6, 6.07) is 0. The molecule has 6 heteroatoms. The van der Waals surface area contributed by atoms with Crippen LogP contribution in [0.2, 0.25) is 0 Å². The van der Waals surface area contributed by atoms with Crippen LogP contribution in [0.5, 0.6) is 0 Å². The zero-order valence-corrected chi connectivity index (χ0v) is 46.0. The molecule has 0 fully saturated rings. The van der Waals surface area contributed by atoms with Gasteiger partial charge in [-0.15, -0.1) is 0 Å². The van der Waals surface area contributed by atoms with E-state index in [1.165, 1.54) is 231 Å². The molecular weight excluding hydrogens is 829 g/mol. The standard InChI is InChI=1S/C61H118O6/c1-6-8-9-10-11-12-13-14-22-26-33-38-43-48-53-61(64)67-58(55-66-60(63)52-47-42-37-32-28-27-29-34-39-44-49-56(3)4)54-65-59(62)51-46-41-36-31-25-23-20-18-16-15-17-19-21-24-30-35-40-45-50-57(5)7-2/h56-58H,6-55H2,1-5H3/t57?,58-/m0/s1. The maximum absolute atomic E-state index is 12.8. The van der Waals surface area contributed by atoms with E-state index in [4.69, 9.17) is 14.2 Å². The summed E-state index contributed by atoms with van der Waals surface area (Å²) >= 11 is 0. The van der Waals surface area contributed by atoms with Crippen LogP contribution in [0.4, 0.5) is 0 Å². The first kappa shape index (κ1) is 65.4. The number of rotatable bonds is 55. The third-order valence-electron chi connectivity index (χ3n) is 14.3. The molecule has 0 aliphatic rings. The average molecular weight is 948 g/mol. The first-order valence-electron chi connectivity index (χ1n) is 30.3. The topological polar surface area (TPSA) is 78.9 Å². The van der Waals surface area contributed by atoms with Crippen LogP contribution in [0.1, 0.15) is 343 Å². The van der Waals surface area contributed by atoms with Gasteiger partial charge in [-0.25, -0.2) is 0 Å². The Morgan fingerprint density at radius 1 is 0.313 bits per heavy atom. The summed E-state index contributed by atoms with van der Waals surface area (Å²) in [6.07, 6.45) is 58.1. The molecule has 6 nitrogen and oxygen atoms in total. The molecule has 0 aromatic heterocycles. The van der Waals surface area contributed by atoms with Crippen molar-refractivity contribution in [2.24, 2.45) is 11.8 Å². The highest BCUT2D eigenvalue weighted by atomic mass is 16.6. The Bertz CT molecular complexity index is 1030. The van der Waals surface area contributed by atoms with Crippen molar-refractivity contribution in [2.45, 2.75) is 349 Å². The van der Waals surface area contributed by atoms with Gasteiger partial charge in [0.1, 0.15) is 13.2 Å². The molecule has 0 amide bonds. The normalized spacial score (nSPS) is 12.4. The molecule has 0 spiro atoms. The highest BCUT2D eigenvalue weighted by Gasteiger charge is 2.19. The summed E-state index contributed by atoms with van der Waals surface area (Å²) in [5, 5.41) is 0. The predicted molar refractivity (Wildman–Crippen MR) is 289 cm³/mol. The monoisotopic (exact) mass is 947 g/mol. The molecule has 67 heavy (non-hydrogen) atoms. The van der Waals surface area contributed by atoms with Gasteiger partial charge in [-0.05, 0) is 31.1 Å². The molecule has 0 aliphatic heterocycles. The summed E-state index contributed by atoms with van der Waals surface area (Å²) in [6.45, 7) is 11.5. The van der Waals surface area contributed by atoms with Crippen molar-refractivity contribution in [3.8, 4) is 0 Å². The van der Waals surface area contributed by atoms with E-state index < -0.39 is 6.10 Å². The van der Waals surface area contributed by atoms with Crippen molar-refractivity contribution in [1.29, 1.82) is 0 Å². The lowest BCUT2D eigenvalue weighted by Crippen LogP contribution is -2.30. The van der Waals surface area contributed by atoms with Crippen LogP contribution in [0.15, 0.2) is 0 Å². The van der Waals surface area contributed by atoms with Gasteiger partial charge in [-0.1, -0.05) is 304 Å². The van der Waals surface area contributed by atoms with Crippen LogP contribution in [0.3, 0.4) is 0 Å². The summed E-state index contributed by atoms with van der Waals surface area (Å²) in [4.78, 5) is 38.2. The van der Waals surface area contributed by atoms with E-state index in [-0.39, 0.29) is 31.1 Å². The third kappa shape index (κ3) is 53.6. The highest BCUT2D eigenvalue weighted by molar-refractivity contribution is 5.71. The first-order valence-corrected chi connectivity index (χ1v) is 30.3. The van der Waals surface area contributed by atoms with Crippen LogP contribution in [0, 0.1) is 11.8 Å². The van der Waals surface area contributed by atoms with Crippen molar-refractivity contribution in [1.82, 2.24) is 0 Å². The second-order valence-corrected chi connectivity index (χ2v) is 21.7. The molecule has 0 bridgehead atoms. The Balaban J connectivity index is 4.23. The SMILES string of the molecule is CCCCCCCCCCCCCCCCC(=O)O[C@@H](COC(=O)CCCCCCCCCCCCCCCCCCCCC(C)CC)COC(=O)CCCCCCCCCCCCC(C)C. The van der Waals surface area contributed by atoms with E-state index in [2.05, 4.69) is 34.6 Å². The molecule has 398 valence electrons. The van der Waals surface area contributed by atoms with Gasteiger partial charge in [0.2, 0.25) is 0 Å². The molecule has 0 aromatic rings. The van der Waals surface area contributed by atoms with Crippen LogP contribution in [-0.2, 0) is 28.6 Å². The van der Waals surface area contributed by atoms with E-state index in [9.17, 15) is 14.4 Å². The molecular formula is C61H118O6. The quantitative estimate of drug-likeness (QED) is 0.0343. The molecule has 0 N–H and O–H groups in total. The van der Waals surface area contributed by atoms with Gasteiger partial charge in [0.05, 0.1) is 0 Å². The molecule has 0 saturated carbocycles. The fourth-order valence-corrected chi connectivity index (χ4v) is 9.37. The van der Waals surface area contributed by atoms with Gasteiger partial charge in [-0.3, -0.25) is 14.4 Å². The average Bonchev–Trinajstić information content (AvgIpc) is 3.31. The molecule has 0 saturated heterocycles. The van der Waals surface area contributed by atoms with E-state index in [1.54, 1.807) is 0 Å². The lowest BCUT2D eigenvalue weighted by atomic mass is 9.99. The van der Waals surface area contributed by atoms with Gasteiger partial charge in [0.15, 0.2) is 6.10 Å². The molecule has 0 aliphatic carbocycles. The Morgan fingerprint density at radius 2 is 0.567 bits per heavy atom. The first-order chi connectivity index (χ1) is 32.8. The number of carbonyl (C=O) groups excluding carboxylic acids is 3. The Morgan fingerprint density at radius 3 is 0.851 bits per heavy atom. The fraction of sp³-hybridized carbons (Fsp3) is 0.951. The smallest absolute Gasteiger partial charge is 0.306 e. The minimum absolute atomic E-state index is 0.0624. The minimum Gasteiger partial charge on any atom is -0.462 e. The maximum atomic E-state index is 12.8. The largest absolute Gasteiger partial charge is 0.462 e. The Kier molecular flexibility index (Phi) is 52.5. The fourth-order valence-electron chi connectivity index (χ4n) is 9.37. The summed E-state index contributed by atoms with van der Waals surface area (Å²) in [5.41, 5.74) is 0. The molecule has 0 radical (unpaired) electrons. The van der Waals surface area contributed by atoms with E-state index in [0.717, 1.165) is 69.6 Å². The number of hydrogen-bond donors (Lipinski definition) is 0. The second-order valence-electron chi connectivity index (χ2n) is 21.7. The van der Waals surface area contributed by atoms with Crippen molar-refractivity contribution < 1.29 is 28.6 Å². The zero-order valence-electron chi connectivity index (χ0n) is 46.0. The van der Waals surface area contributed by atoms with Crippen LogP contribution in [0.25, 0.3) is 0 Å². The maximum Gasteiger partial charge on any atom is 0.306 e. The highest BCUT2D eigenvalue weighted by Crippen LogP contribution is 2.19. The van der Waals surface area contributed by atoms with Gasteiger partial charge in [0.25, 0.3) is 0 Å². The molecule has 0 aromatic carbocycles. The number of unbranched alkanes of at least 4 members (excludes halogenated alkanes) is 39. The van der Waals surface area contributed by atoms with Crippen LogP contribution < -0.4 is 0 Å². The van der Waals surface area contributed by atoms with Gasteiger partial charge >= 0.3 is 17.9 Å². The Hall–Kier alpha value is -1.59. The van der Waals surface area contributed by atoms with Crippen molar-refractivity contribution in [3.63, 3.8) is 0 Å². The number of carbonyl (C=O) groups is 3. The number of hydrogen-bond acceptors (Lipinski definition) is 6. The van der Waals surface area contributed by atoms with Crippen LogP contribution >= 0.6 is 0 Å². The van der Waals surface area contributed by atoms with E-state index >= 15 is 0 Å².